The van der Waals surface area contributed by atoms with Crippen LogP contribution in [0.5, 0.6) is 0 Å². The molecule has 2 N–H and O–H groups in total. The van der Waals surface area contributed by atoms with Crippen LogP contribution in [0.15, 0.2) is 11.6 Å². The van der Waals surface area contributed by atoms with Gasteiger partial charge in [-0.15, -0.1) is 0 Å². The van der Waals surface area contributed by atoms with Crippen molar-refractivity contribution >= 4 is 13.6 Å². The van der Waals surface area contributed by atoms with Gasteiger partial charge in [0.05, 0.1) is 6.10 Å². The topological polar surface area (TPSA) is 83.8 Å². The summed E-state index contributed by atoms with van der Waals surface area (Å²) in [5.74, 6) is 1.95. The third-order valence-corrected chi connectivity index (χ3v) is 12.3. The number of allylic oxidation sites excluding steroid dienone is 2. The molecule has 5 nitrogen and oxygen atoms in total. The van der Waals surface area contributed by atoms with Gasteiger partial charge in [-0.05, 0) is 103 Å². The van der Waals surface area contributed by atoms with Gasteiger partial charge in [0, 0.05) is 5.92 Å². The van der Waals surface area contributed by atoms with Crippen molar-refractivity contribution < 1.29 is 23.7 Å². The van der Waals surface area contributed by atoms with Crippen LogP contribution in [-0.2, 0) is 13.9 Å². The monoisotopic (exact) mass is 522 g/mol. The van der Waals surface area contributed by atoms with Crippen molar-refractivity contribution in [2.24, 2.45) is 51.2 Å². The van der Waals surface area contributed by atoms with Crippen LogP contribution in [0.4, 0.5) is 0 Å². The summed E-state index contributed by atoms with van der Waals surface area (Å²) in [6.07, 6.45) is 10.7. The summed E-state index contributed by atoms with van der Waals surface area (Å²) in [6, 6.07) is 0. The van der Waals surface area contributed by atoms with E-state index in [2.05, 4.69) is 61.5 Å². The lowest BCUT2D eigenvalue weighted by Crippen LogP contribution is -2.55. The Kier molecular flexibility index (Phi) is 7.38. The minimum Gasteiger partial charge on any atom is -0.303 e. The standard InChI is InChI=1S/C30H51O5P/c1-19-9-14-28(6)22-11-16-29(7)21(10-15-30(29,8)23(22)18-25(31)24(28)17-19)20(2)26(35-36(32,33)34)12-13-27(3,4)5/h18-22,24,26H,9-17H2,1-8H3,(H2,32,33,34)/t19-,20+,21-,22?,24+,26-,28-,29-,30+/m1/s1. The normalized spacial score (nSPS) is 42.7. The van der Waals surface area contributed by atoms with Crippen LogP contribution in [0.3, 0.4) is 0 Å². The lowest BCUT2D eigenvalue weighted by atomic mass is 9.43. The van der Waals surface area contributed by atoms with E-state index in [1.165, 1.54) is 12.0 Å². The molecule has 0 aromatic carbocycles. The predicted molar refractivity (Wildman–Crippen MR) is 144 cm³/mol. The van der Waals surface area contributed by atoms with Crippen molar-refractivity contribution in [1.82, 2.24) is 0 Å². The Bertz CT molecular complexity index is 945. The molecule has 0 saturated heterocycles. The Morgan fingerprint density at radius 2 is 1.75 bits per heavy atom. The zero-order chi connectivity index (χ0) is 26.9. The molecule has 0 aromatic rings. The number of carbonyl (C=O) groups excluding carboxylic acids is 1. The van der Waals surface area contributed by atoms with Gasteiger partial charge in [-0.1, -0.05) is 67.4 Å². The van der Waals surface area contributed by atoms with Gasteiger partial charge in [0.2, 0.25) is 0 Å². The third kappa shape index (κ3) is 4.85. The van der Waals surface area contributed by atoms with Gasteiger partial charge in [-0.25, -0.2) is 4.57 Å². The van der Waals surface area contributed by atoms with Gasteiger partial charge >= 0.3 is 7.82 Å². The molecule has 4 rings (SSSR count). The maximum atomic E-state index is 13.5. The van der Waals surface area contributed by atoms with Crippen molar-refractivity contribution in [3.05, 3.63) is 11.6 Å². The van der Waals surface area contributed by atoms with Crippen LogP contribution in [0.1, 0.15) is 113 Å². The molecule has 9 atom stereocenters. The van der Waals surface area contributed by atoms with Crippen molar-refractivity contribution in [3.8, 4) is 0 Å². The number of hydrogen-bond acceptors (Lipinski definition) is 3. The van der Waals surface area contributed by atoms with E-state index < -0.39 is 13.9 Å². The summed E-state index contributed by atoms with van der Waals surface area (Å²) < 4.78 is 17.4. The number of hydrogen-bond donors (Lipinski definition) is 2. The highest BCUT2D eigenvalue weighted by Crippen LogP contribution is 2.72. The molecule has 0 aliphatic heterocycles. The minimum atomic E-state index is -4.59. The number of carbonyl (C=O) groups is 1. The van der Waals surface area contributed by atoms with E-state index in [0.29, 0.717) is 30.0 Å². The van der Waals surface area contributed by atoms with Gasteiger partial charge in [-0.2, -0.15) is 0 Å². The molecular weight excluding hydrogens is 471 g/mol. The highest BCUT2D eigenvalue weighted by molar-refractivity contribution is 7.46. The number of rotatable bonds is 6. The first-order valence-electron chi connectivity index (χ1n) is 14.4. The Hall–Kier alpha value is -0.480. The number of phosphoric ester groups is 1. The molecule has 3 saturated carbocycles. The molecule has 4 aliphatic carbocycles. The van der Waals surface area contributed by atoms with Gasteiger partial charge in [0.15, 0.2) is 5.78 Å². The summed E-state index contributed by atoms with van der Waals surface area (Å²) in [7, 11) is -4.59. The van der Waals surface area contributed by atoms with Crippen molar-refractivity contribution in [1.29, 1.82) is 0 Å². The Balaban J connectivity index is 1.65. The average Bonchev–Trinajstić information content (AvgIpc) is 3.02. The molecule has 1 unspecified atom stereocenters. The molecule has 4 aliphatic rings. The number of ketones is 1. The first kappa shape index (κ1) is 28.5. The van der Waals surface area contributed by atoms with E-state index >= 15 is 0 Å². The Morgan fingerprint density at radius 3 is 2.36 bits per heavy atom. The van der Waals surface area contributed by atoms with Crippen LogP contribution in [0.2, 0.25) is 0 Å². The van der Waals surface area contributed by atoms with Crippen molar-refractivity contribution in [3.63, 3.8) is 0 Å². The second-order valence-corrected chi connectivity index (χ2v) is 16.2. The van der Waals surface area contributed by atoms with Crippen LogP contribution in [0.25, 0.3) is 0 Å². The molecule has 0 bridgehead atoms. The summed E-state index contributed by atoms with van der Waals surface area (Å²) in [6.45, 7) is 18.1. The van der Waals surface area contributed by atoms with E-state index in [-0.39, 0.29) is 33.5 Å². The zero-order valence-corrected chi connectivity index (χ0v) is 24.9. The first-order valence-corrected chi connectivity index (χ1v) is 15.9. The molecule has 0 spiro atoms. The van der Waals surface area contributed by atoms with E-state index in [4.69, 9.17) is 4.52 Å². The average molecular weight is 523 g/mol. The minimum absolute atomic E-state index is 0.0154. The van der Waals surface area contributed by atoms with E-state index in [9.17, 15) is 19.1 Å². The third-order valence-electron chi connectivity index (χ3n) is 11.7. The zero-order valence-electron chi connectivity index (χ0n) is 24.0. The van der Waals surface area contributed by atoms with Gasteiger partial charge in [0.25, 0.3) is 0 Å². The predicted octanol–water partition coefficient (Wildman–Crippen LogP) is 7.71. The molecule has 0 aromatic heterocycles. The fraction of sp³-hybridized carbons (Fsp3) is 0.900. The summed E-state index contributed by atoms with van der Waals surface area (Å²) in [5.41, 5.74) is 1.46. The quantitative estimate of drug-likeness (QED) is 0.349. The SMILES string of the molecule is C[C@@H]1CC[C@]2(C)C3CC[C@]4(C)[C@@H]([C@H](C)[C@@H](CCC(C)(C)C)OP(=O)(O)O)CC[C@@]4(C)C3=CC(=O)[C@@H]2C1. The molecule has 3 fully saturated rings. The molecule has 6 heteroatoms. The lowest BCUT2D eigenvalue weighted by molar-refractivity contribution is -0.132. The van der Waals surface area contributed by atoms with Crippen LogP contribution in [-0.4, -0.2) is 21.7 Å². The summed E-state index contributed by atoms with van der Waals surface area (Å²) >= 11 is 0. The molecule has 206 valence electrons. The lowest BCUT2D eigenvalue weighted by Gasteiger charge is -2.61. The van der Waals surface area contributed by atoms with Crippen molar-refractivity contribution in [2.75, 3.05) is 0 Å². The van der Waals surface area contributed by atoms with Crippen LogP contribution < -0.4 is 0 Å². The first-order chi connectivity index (χ1) is 16.4. The molecule has 0 radical (unpaired) electrons. The number of fused-ring (bicyclic) bond motifs is 5. The maximum absolute atomic E-state index is 13.5. The van der Waals surface area contributed by atoms with E-state index in [0.717, 1.165) is 44.9 Å². The summed E-state index contributed by atoms with van der Waals surface area (Å²) in [5, 5.41) is 0. The smallest absolute Gasteiger partial charge is 0.303 e. The van der Waals surface area contributed by atoms with Crippen molar-refractivity contribution in [2.45, 2.75) is 119 Å². The molecular formula is C30H51O5P. The highest BCUT2D eigenvalue weighted by Gasteiger charge is 2.65. The summed E-state index contributed by atoms with van der Waals surface area (Å²) in [4.78, 5) is 33.0. The van der Waals surface area contributed by atoms with Gasteiger partial charge < -0.3 is 9.79 Å². The van der Waals surface area contributed by atoms with Crippen LogP contribution in [0, 0.1) is 51.2 Å². The Labute approximate surface area is 219 Å². The fourth-order valence-electron chi connectivity index (χ4n) is 9.22. The Morgan fingerprint density at radius 1 is 1.08 bits per heavy atom. The van der Waals surface area contributed by atoms with E-state index in [1.807, 2.05) is 0 Å². The molecule has 0 amide bonds. The number of phosphoric acid groups is 1. The largest absolute Gasteiger partial charge is 0.469 e. The second kappa shape index (κ2) is 9.32. The highest BCUT2D eigenvalue weighted by atomic mass is 31.2. The molecule has 0 heterocycles. The van der Waals surface area contributed by atoms with Crippen LogP contribution >= 0.6 is 7.82 Å². The maximum Gasteiger partial charge on any atom is 0.469 e. The van der Waals surface area contributed by atoms with E-state index in [1.54, 1.807) is 0 Å². The molecule has 36 heavy (non-hydrogen) atoms. The van der Waals surface area contributed by atoms with Gasteiger partial charge in [0.1, 0.15) is 0 Å². The fourth-order valence-corrected chi connectivity index (χ4v) is 9.87. The van der Waals surface area contributed by atoms with Gasteiger partial charge in [-0.3, -0.25) is 9.32 Å². The second-order valence-electron chi connectivity index (χ2n) is 15.0.